The molecule has 2 aromatic heterocycles. The standard InChI is InChI=1S/C22H26N6O3/c1-3-4-8-17-13-28(25-23-17)21-12-11-19(15-30-16(2)29)31-22(21)20-14-27(26-24-20)18-9-6-5-7-10-18/h5-7,9-14,19,21-22H,3-4,8,15H2,1-2H3/t19-,21+,22+/m0/s1. The number of carbonyl (C=O) groups is 1. The molecule has 9 nitrogen and oxygen atoms in total. The highest BCUT2D eigenvalue weighted by Crippen LogP contribution is 2.35. The summed E-state index contributed by atoms with van der Waals surface area (Å²) in [7, 11) is 0. The Balaban J connectivity index is 1.60. The zero-order chi connectivity index (χ0) is 21.6. The third-order valence-electron chi connectivity index (χ3n) is 5.08. The summed E-state index contributed by atoms with van der Waals surface area (Å²) in [5.41, 5.74) is 2.52. The Morgan fingerprint density at radius 1 is 1.13 bits per heavy atom. The van der Waals surface area contributed by atoms with Crippen LogP contribution in [0.4, 0.5) is 0 Å². The van der Waals surface area contributed by atoms with E-state index in [1.54, 1.807) is 9.36 Å². The topological polar surface area (TPSA) is 97.0 Å². The van der Waals surface area contributed by atoms with Crippen LogP contribution in [0.3, 0.4) is 0 Å². The smallest absolute Gasteiger partial charge is 0.302 e. The van der Waals surface area contributed by atoms with Crippen molar-refractivity contribution in [2.75, 3.05) is 6.61 Å². The maximum absolute atomic E-state index is 11.2. The van der Waals surface area contributed by atoms with Crippen LogP contribution in [0.1, 0.15) is 50.2 Å². The maximum Gasteiger partial charge on any atom is 0.302 e. The molecule has 9 heteroatoms. The zero-order valence-corrected chi connectivity index (χ0v) is 17.7. The molecule has 1 aliphatic rings. The Morgan fingerprint density at radius 2 is 1.97 bits per heavy atom. The van der Waals surface area contributed by atoms with Gasteiger partial charge in [0.2, 0.25) is 0 Å². The van der Waals surface area contributed by atoms with Crippen LogP contribution in [0.15, 0.2) is 54.9 Å². The molecule has 3 atom stereocenters. The number of aryl methyl sites for hydroxylation is 1. The molecule has 0 saturated heterocycles. The van der Waals surface area contributed by atoms with Gasteiger partial charge in [0.15, 0.2) is 0 Å². The SMILES string of the molecule is CCCCc1cn([C@@H]2C=C[C@@H](COC(C)=O)O[C@@H]2c2cn(-c3ccccc3)nn2)nn1. The fraction of sp³-hybridized carbons (Fsp3) is 0.409. The lowest BCUT2D eigenvalue weighted by molar-refractivity contribution is -0.146. The van der Waals surface area contributed by atoms with E-state index in [1.807, 2.05) is 54.9 Å². The summed E-state index contributed by atoms with van der Waals surface area (Å²) >= 11 is 0. The number of hydrogen-bond donors (Lipinski definition) is 0. The second-order valence-corrected chi connectivity index (χ2v) is 7.49. The minimum absolute atomic E-state index is 0.140. The van der Waals surface area contributed by atoms with Crippen LogP contribution in [0.5, 0.6) is 0 Å². The number of rotatable bonds is 8. The molecule has 0 amide bonds. The molecule has 1 aromatic carbocycles. The van der Waals surface area contributed by atoms with Crippen molar-refractivity contribution in [2.45, 2.75) is 51.4 Å². The Bertz CT molecular complexity index is 1030. The summed E-state index contributed by atoms with van der Waals surface area (Å²) in [5.74, 6) is -0.345. The van der Waals surface area contributed by atoms with Crippen molar-refractivity contribution in [3.05, 3.63) is 66.3 Å². The summed E-state index contributed by atoms with van der Waals surface area (Å²) < 4.78 is 14.9. The molecule has 0 fully saturated rings. The van der Waals surface area contributed by atoms with Gasteiger partial charge in [-0.05, 0) is 25.0 Å². The van der Waals surface area contributed by atoms with Crippen LogP contribution in [0.25, 0.3) is 5.69 Å². The summed E-state index contributed by atoms with van der Waals surface area (Å²) in [6, 6.07) is 9.52. The van der Waals surface area contributed by atoms with Crippen LogP contribution in [0, 0.1) is 0 Å². The molecule has 0 N–H and O–H groups in total. The zero-order valence-electron chi connectivity index (χ0n) is 17.7. The van der Waals surface area contributed by atoms with Crippen molar-refractivity contribution in [1.82, 2.24) is 30.0 Å². The number of hydrogen-bond acceptors (Lipinski definition) is 7. The average molecular weight is 422 g/mol. The van der Waals surface area contributed by atoms with Gasteiger partial charge in [-0.15, -0.1) is 10.2 Å². The number of unbranched alkanes of at least 4 members (excludes halogenated alkanes) is 1. The summed E-state index contributed by atoms with van der Waals surface area (Å²) in [4.78, 5) is 11.2. The van der Waals surface area contributed by atoms with E-state index in [2.05, 4.69) is 27.5 Å². The lowest BCUT2D eigenvalue weighted by Gasteiger charge is -2.30. The van der Waals surface area contributed by atoms with Gasteiger partial charge in [-0.25, -0.2) is 9.36 Å². The molecule has 3 aromatic rings. The molecular formula is C22H26N6O3. The third kappa shape index (κ3) is 5.05. The largest absolute Gasteiger partial charge is 0.463 e. The van der Waals surface area contributed by atoms with Crippen molar-refractivity contribution in [1.29, 1.82) is 0 Å². The minimum Gasteiger partial charge on any atom is -0.463 e. The molecule has 162 valence electrons. The number of para-hydroxylation sites is 1. The van der Waals surface area contributed by atoms with Crippen molar-refractivity contribution in [3.8, 4) is 5.69 Å². The van der Waals surface area contributed by atoms with E-state index >= 15 is 0 Å². The summed E-state index contributed by atoms with van der Waals surface area (Å²) in [5, 5.41) is 17.3. The second-order valence-electron chi connectivity index (χ2n) is 7.49. The summed E-state index contributed by atoms with van der Waals surface area (Å²) in [6.07, 6.45) is 9.91. The molecule has 0 aliphatic carbocycles. The first-order valence-electron chi connectivity index (χ1n) is 10.5. The Morgan fingerprint density at radius 3 is 2.74 bits per heavy atom. The number of esters is 1. The van der Waals surface area contributed by atoms with Gasteiger partial charge < -0.3 is 9.47 Å². The van der Waals surface area contributed by atoms with Crippen LogP contribution in [-0.4, -0.2) is 48.7 Å². The second kappa shape index (κ2) is 9.65. The molecule has 0 radical (unpaired) electrons. The van der Waals surface area contributed by atoms with Crippen LogP contribution in [0.2, 0.25) is 0 Å². The average Bonchev–Trinajstić information content (AvgIpc) is 3.47. The van der Waals surface area contributed by atoms with E-state index in [1.165, 1.54) is 6.92 Å². The van der Waals surface area contributed by atoms with Crippen LogP contribution >= 0.6 is 0 Å². The molecule has 0 unspecified atom stereocenters. The number of carbonyl (C=O) groups excluding carboxylic acids is 1. The Kier molecular flexibility index (Phi) is 6.51. The molecule has 31 heavy (non-hydrogen) atoms. The van der Waals surface area contributed by atoms with Gasteiger partial charge in [-0.1, -0.05) is 54.1 Å². The maximum atomic E-state index is 11.2. The third-order valence-corrected chi connectivity index (χ3v) is 5.08. The molecule has 0 spiro atoms. The quantitative estimate of drug-likeness (QED) is 0.407. The first-order chi connectivity index (χ1) is 15.1. The highest BCUT2D eigenvalue weighted by Gasteiger charge is 2.33. The number of nitrogens with zero attached hydrogens (tertiary/aromatic N) is 6. The van der Waals surface area contributed by atoms with Gasteiger partial charge >= 0.3 is 5.97 Å². The lowest BCUT2D eigenvalue weighted by Crippen LogP contribution is -2.31. The predicted molar refractivity (Wildman–Crippen MR) is 112 cm³/mol. The van der Waals surface area contributed by atoms with Crippen molar-refractivity contribution >= 4 is 5.97 Å². The van der Waals surface area contributed by atoms with Gasteiger partial charge in [0.05, 0.1) is 17.6 Å². The summed E-state index contributed by atoms with van der Waals surface area (Å²) in [6.45, 7) is 3.67. The first kappa shape index (κ1) is 20.9. The molecular weight excluding hydrogens is 396 g/mol. The van der Waals surface area contributed by atoms with E-state index in [9.17, 15) is 4.79 Å². The molecule has 0 saturated carbocycles. The predicted octanol–water partition coefficient (Wildman–Crippen LogP) is 3.00. The monoisotopic (exact) mass is 422 g/mol. The number of benzene rings is 1. The lowest BCUT2D eigenvalue weighted by atomic mass is 10.0. The van der Waals surface area contributed by atoms with Gasteiger partial charge in [-0.2, -0.15) is 0 Å². The van der Waals surface area contributed by atoms with Crippen molar-refractivity contribution in [3.63, 3.8) is 0 Å². The van der Waals surface area contributed by atoms with Gasteiger partial charge in [-0.3, -0.25) is 4.79 Å². The number of ether oxygens (including phenoxy) is 2. The molecule has 0 bridgehead atoms. The Hall–Kier alpha value is -3.33. The molecule has 1 aliphatic heterocycles. The fourth-order valence-corrected chi connectivity index (χ4v) is 3.46. The first-order valence-corrected chi connectivity index (χ1v) is 10.5. The van der Waals surface area contributed by atoms with Gasteiger partial charge in [0.25, 0.3) is 0 Å². The minimum atomic E-state index is -0.455. The van der Waals surface area contributed by atoms with Gasteiger partial charge in [0, 0.05) is 13.1 Å². The highest BCUT2D eigenvalue weighted by atomic mass is 16.6. The highest BCUT2D eigenvalue weighted by molar-refractivity contribution is 5.65. The number of aromatic nitrogens is 6. The van der Waals surface area contributed by atoms with E-state index < -0.39 is 6.10 Å². The molecule has 3 heterocycles. The van der Waals surface area contributed by atoms with Crippen molar-refractivity contribution in [2.24, 2.45) is 0 Å². The van der Waals surface area contributed by atoms with Crippen LogP contribution in [-0.2, 0) is 20.7 Å². The Labute approximate surface area is 180 Å². The molecule has 4 rings (SSSR count). The van der Waals surface area contributed by atoms with Crippen LogP contribution < -0.4 is 0 Å². The normalized spacial score (nSPS) is 20.6. The van der Waals surface area contributed by atoms with Gasteiger partial charge in [0.1, 0.15) is 30.6 Å². The van der Waals surface area contributed by atoms with E-state index in [-0.39, 0.29) is 24.7 Å². The fourth-order valence-electron chi connectivity index (χ4n) is 3.46. The van der Waals surface area contributed by atoms with E-state index in [4.69, 9.17) is 9.47 Å². The van der Waals surface area contributed by atoms with E-state index in [0.29, 0.717) is 5.69 Å². The van der Waals surface area contributed by atoms with E-state index in [0.717, 1.165) is 30.6 Å². The van der Waals surface area contributed by atoms with Crippen molar-refractivity contribution < 1.29 is 14.3 Å².